The normalized spacial score (nSPS) is 20.1. The maximum absolute atomic E-state index is 13.2. The molecule has 1 unspecified atom stereocenters. The number of piperazine rings is 2. The predicted octanol–water partition coefficient (Wildman–Crippen LogP) is 0.368. The van der Waals surface area contributed by atoms with Crippen molar-refractivity contribution in [3.05, 3.63) is 35.9 Å². The van der Waals surface area contributed by atoms with Crippen LogP contribution in [0, 0.1) is 0 Å². The van der Waals surface area contributed by atoms with Crippen LogP contribution in [0.3, 0.4) is 0 Å². The van der Waals surface area contributed by atoms with Crippen LogP contribution in [-0.2, 0) is 9.59 Å². The number of methoxy groups -OCH3 is 1. The largest absolute Gasteiger partial charge is 0.481 e. The Morgan fingerprint density at radius 1 is 1.22 bits per heavy atom. The van der Waals surface area contributed by atoms with E-state index in [2.05, 4.69) is 4.98 Å². The van der Waals surface area contributed by atoms with E-state index in [0.717, 1.165) is 5.39 Å². The molecule has 1 aromatic heterocycles. The van der Waals surface area contributed by atoms with Gasteiger partial charge in [-0.25, -0.2) is 4.98 Å². The summed E-state index contributed by atoms with van der Waals surface area (Å²) in [7, 11) is 3.12. The molecule has 1 atom stereocenters. The molecule has 1 aromatic carbocycles. The second-order valence-electron chi connectivity index (χ2n) is 6.78. The topological polar surface area (TPSA) is 83.0 Å². The quantitative estimate of drug-likeness (QED) is 0.765. The SMILES string of the molecule is COc1cc(C(=O)N2CCN3C(=O)CN(C)C(=O)C3C2)c2ccccc2n1. The minimum Gasteiger partial charge on any atom is -0.481 e. The molecule has 4 rings (SSSR count). The highest BCUT2D eigenvalue weighted by Gasteiger charge is 2.42. The minimum absolute atomic E-state index is 0.0785. The second-order valence-corrected chi connectivity index (χ2v) is 6.78. The van der Waals surface area contributed by atoms with Gasteiger partial charge in [-0.15, -0.1) is 0 Å². The molecule has 2 aromatic rings. The van der Waals surface area contributed by atoms with Crippen LogP contribution in [0.25, 0.3) is 10.9 Å². The van der Waals surface area contributed by atoms with Gasteiger partial charge in [-0.2, -0.15) is 0 Å². The molecule has 2 aliphatic heterocycles. The third kappa shape index (κ3) is 2.87. The molecule has 0 N–H and O–H groups in total. The Hall–Kier alpha value is -3.16. The second kappa shape index (κ2) is 6.53. The van der Waals surface area contributed by atoms with Crippen molar-refractivity contribution in [2.24, 2.45) is 0 Å². The van der Waals surface area contributed by atoms with E-state index in [4.69, 9.17) is 4.74 Å². The Labute approximate surface area is 156 Å². The maximum Gasteiger partial charge on any atom is 0.254 e. The molecule has 3 amide bonds. The number of hydrogen-bond acceptors (Lipinski definition) is 5. The minimum atomic E-state index is -0.621. The van der Waals surface area contributed by atoms with E-state index in [1.165, 1.54) is 12.0 Å². The number of benzene rings is 1. The number of likely N-dealkylation sites (N-methyl/N-ethyl adjacent to an activating group) is 1. The molecule has 2 aliphatic rings. The molecule has 0 radical (unpaired) electrons. The monoisotopic (exact) mass is 368 g/mol. The van der Waals surface area contributed by atoms with Crippen molar-refractivity contribution in [1.29, 1.82) is 0 Å². The van der Waals surface area contributed by atoms with Crippen LogP contribution in [0.1, 0.15) is 10.4 Å². The van der Waals surface area contributed by atoms with Crippen LogP contribution >= 0.6 is 0 Å². The number of ether oxygens (including phenoxy) is 1. The first kappa shape index (κ1) is 17.3. The Bertz CT molecular complexity index is 944. The fourth-order valence-corrected chi connectivity index (χ4v) is 3.71. The van der Waals surface area contributed by atoms with Crippen LogP contribution in [0.4, 0.5) is 0 Å². The fourth-order valence-electron chi connectivity index (χ4n) is 3.71. The van der Waals surface area contributed by atoms with Crippen molar-refractivity contribution in [3.63, 3.8) is 0 Å². The molecule has 3 heterocycles. The number of amides is 3. The zero-order chi connectivity index (χ0) is 19.1. The van der Waals surface area contributed by atoms with Gasteiger partial charge in [0.15, 0.2) is 0 Å². The Morgan fingerprint density at radius 3 is 2.78 bits per heavy atom. The molecule has 0 aliphatic carbocycles. The average Bonchev–Trinajstić information content (AvgIpc) is 2.70. The molecule has 8 heteroatoms. The van der Waals surface area contributed by atoms with E-state index >= 15 is 0 Å². The number of aromatic nitrogens is 1. The lowest BCUT2D eigenvalue weighted by atomic mass is 10.0. The van der Waals surface area contributed by atoms with Gasteiger partial charge in [0.1, 0.15) is 6.04 Å². The molecule has 0 saturated carbocycles. The number of nitrogens with zero attached hydrogens (tertiary/aromatic N) is 4. The van der Waals surface area contributed by atoms with E-state index in [9.17, 15) is 14.4 Å². The van der Waals surface area contributed by atoms with Crippen LogP contribution in [0.5, 0.6) is 5.88 Å². The summed E-state index contributed by atoms with van der Waals surface area (Å²) in [5.41, 5.74) is 1.15. The van der Waals surface area contributed by atoms with Crippen molar-refractivity contribution in [2.75, 3.05) is 40.3 Å². The van der Waals surface area contributed by atoms with Gasteiger partial charge in [0.2, 0.25) is 17.7 Å². The van der Waals surface area contributed by atoms with E-state index in [-0.39, 0.29) is 30.8 Å². The third-order valence-corrected chi connectivity index (χ3v) is 5.15. The van der Waals surface area contributed by atoms with Crippen LogP contribution < -0.4 is 4.74 Å². The Morgan fingerprint density at radius 2 is 2.00 bits per heavy atom. The molecule has 2 fully saturated rings. The Kier molecular flexibility index (Phi) is 4.18. The van der Waals surface area contributed by atoms with Gasteiger partial charge in [0.05, 0.1) is 31.3 Å². The molecule has 140 valence electrons. The summed E-state index contributed by atoms with van der Waals surface area (Å²) in [6, 6.07) is 8.37. The molecule has 0 spiro atoms. The molecule has 27 heavy (non-hydrogen) atoms. The van der Waals surface area contributed by atoms with Gasteiger partial charge in [0.25, 0.3) is 5.91 Å². The van der Waals surface area contributed by atoms with Gasteiger partial charge in [-0.1, -0.05) is 18.2 Å². The lowest BCUT2D eigenvalue weighted by molar-refractivity contribution is -0.157. The number of carbonyl (C=O) groups excluding carboxylic acids is 3. The maximum atomic E-state index is 13.2. The third-order valence-electron chi connectivity index (χ3n) is 5.15. The van der Waals surface area contributed by atoms with Crippen LogP contribution in [0.15, 0.2) is 30.3 Å². The van der Waals surface area contributed by atoms with E-state index < -0.39 is 6.04 Å². The first-order valence-corrected chi connectivity index (χ1v) is 8.77. The number of pyridine rings is 1. The number of hydrogen-bond donors (Lipinski definition) is 0. The van der Waals surface area contributed by atoms with E-state index in [1.54, 1.807) is 22.9 Å². The summed E-state index contributed by atoms with van der Waals surface area (Å²) < 4.78 is 5.24. The smallest absolute Gasteiger partial charge is 0.254 e. The summed E-state index contributed by atoms with van der Waals surface area (Å²) in [5.74, 6) is -0.0474. The number of rotatable bonds is 2. The summed E-state index contributed by atoms with van der Waals surface area (Å²) in [6.07, 6.45) is 0. The van der Waals surface area contributed by atoms with Crippen LogP contribution in [-0.4, -0.2) is 83.8 Å². The van der Waals surface area contributed by atoms with Gasteiger partial charge in [0, 0.05) is 31.6 Å². The van der Waals surface area contributed by atoms with E-state index in [0.29, 0.717) is 30.0 Å². The number of carbonyl (C=O) groups is 3. The predicted molar refractivity (Wildman–Crippen MR) is 97.3 cm³/mol. The summed E-state index contributed by atoms with van der Waals surface area (Å²) in [6.45, 7) is 1.02. The molecular weight excluding hydrogens is 348 g/mol. The average molecular weight is 368 g/mol. The zero-order valence-electron chi connectivity index (χ0n) is 15.2. The fraction of sp³-hybridized carbons (Fsp3) is 0.368. The van der Waals surface area contributed by atoms with Gasteiger partial charge in [-0.05, 0) is 6.07 Å². The van der Waals surface area contributed by atoms with Gasteiger partial charge >= 0.3 is 0 Å². The van der Waals surface area contributed by atoms with Crippen molar-refractivity contribution in [1.82, 2.24) is 19.7 Å². The van der Waals surface area contributed by atoms with Crippen LogP contribution in [0.2, 0.25) is 0 Å². The molecule has 2 saturated heterocycles. The highest BCUT2D eigenvalue weighted by atomic mass is 16.5. The molecule has 0 bridgehead atoms. The highest BCUT2D eigenvalue weighted by molar-refractivity contribution is 6.07. The first-order chi connectivity index (χ1) is 13.0. The van der Waals surface area contributed by atoms with E-state index in [1.807, 2.05) is 24.3 Å². The lowest BCUT2D eigenvalue weighted by Gasteiger charge is -2.45. The van der Waals surface area contributed by atoms with Gasteiger partial charge in [-0.3, -0.25) is 14.4 Å². The zero-order valence-corrected chi connectivity index (χ0v) is 15.2. The number of fused-ring (bicyclic) bond motifs is 2. The van der Waals surface area contributed by atoms with Crippen molar-refractivity contribution in [3.8, 4) is 5.88 Å². The Balaban J connectivity index is 1.67. The molecule has 8 nitrogen and oxygen atoms in total. The number of para-hydroxylation sites is 1. The molecular formula is C19H20N4O4. The summed E-state index contributed by atoms with van der Waals surface area (Å²) in [4.78, 5) is 46.9. The lowest BCUT2D eigenvalue weighted by Crippen LogP contribution is -2.66. The standard InChI is InChI=1S/C19H20N4O4/c1-21-11-17(24)23-8-7-22(10-15(23)19(21)26)18(25)13-9-16(27-2)20-14-6-4-3-5-12(13)14/h3-6,9,15H,7-8,10-11H2,1-2H3. The van der Waals surface area contributed by atoms with Crippen molar-refractivity contribution < 1.29 is 19.1 Å². The van der Waals surface area contributed by atoms with Gasteiger partial charge < -0.3 is 19.4 Å². The summed E-state index contributed by atoms with van der Waals surface area (Å²) >= 11 is 0. The first-order valence-electron chi connectivity index (χ1n) is 8.77. The summed E-state index contributed by atoms with van der Waals surface area (Å²) in [5, 5.41) is 0.730. The highest BCUT2D eigenvalue weighted by Crippen LogP contribution is 2.25. The van der Waals surface area contributed by atoms with Crippen molar-refractivity contribution in [2.45, 2.75) is 6.04 Å². The van der Waals surface area contributed by atoms with Crippen molar-refractivity contribution >= 4 is 28.6 Å².